The van der Waals surface area contributed by atoms with Crippen molar-refractivity contribution in [1.29, 1.82) is 0 Å². The second kappa shape index (κ2) is 11.3. The number of aryl methyl sites for hydroxylation is 1. The predicted octanol–water partition coefficient (Wildman–Crippen LogP) is 5.09. The lowest BCUT2D eigenvalue weighted by Crippen LogP contribution is -2.32. The Morgan fingerprint density at radius 2 is 2.03 bits per heavy atom. The minimum atomic E-state index is 0.139. The van der Waals surface area contributed by atoms with Crippen LogP contribution in [0.2, 0.25) is 0 Å². The lowest BCUT2D eigenvalue weighted by atomic mass is 10.1. The van der Waals surface area contributed by atoms with Crippen LogP contribution < -0.4 is 5.32 Å². The Morgan fingerprint density at radius 1 is 1.21 bits per heavy atom. The van der Waals surface area contributed by atoms with Gasteiger partial charge in [-0.2, -0.15) is 0 Å². The van der Waals surface area contributed by atoms with E-state index in [0.717, 1.165) is 41.0 Å². The van der Waals surface area contributed by atoms with Crippen molar-refractivity contribution >= 4 is 45.5 Å². The Morgan fingerprint density at radius 3 is 2.76 bits per heavy atom. The smallest absolute Gasteiger partial charge is 0.233 e. The standard InChI is InChI=1S/C21H26N4OS3/c1-3-12-25(14-17-8-6-16(2)7-9-17)19(26)15-28-21-24-23-20(29-21)22-11-10-18-5-4-13-27-18/h4-9,13H,3,10-12,14-15H2,1-2H3,(H,22,23). The zero-order valence-electron chi connectivity index (χ0n) is 16.8. The van der Waals surface area contributed by atoms with Gasteiger partial charge in [-0.25, -0.2) is 0 Å². The number of anilines is 1. The molecule has 154 valence electrons. The number of hydrogen-bond acceptors (Lipinski definition) is 7. The summed E-state index contributed by atoms with van der Waals surface area (Å²) >= 11 is 4.73. The number of benzene rings is 1. The Hall–Kier alpha value is -1.90. The normalized spacial score (nSPS) is 10.8. The molecule has 3 aromatic rings. The monoisotopic (exact) mass is 446 g/mol. The van der Waals surface area contributed by atoms with Crippen molar-refractivity contribution in [3.8, 4) is 0 Å². The van der Waals surface area contributed by atoms with Gasteiger partial charge in [0.25, 0.3) is 0 Å². The molecule has 0 bridgehead atoms. The van der Waals surface area contributed by atoms with Crippen LogP contribution in [-0.2, 0) is 17.8 Å². The zero-order valence-corrected chi connectivity index (χ0v) is 19.2. The van der Waals surface area contributed by atoms with Crippen molar-refractivity contribution in [2.75, 3.05) is 24.2 Å². The molecule has 0 saturated carbocycles. The molecule has 29 heavy (non-hydrogen) atoms. The first-order chi connectivity index (χ1) is 14.1. The number of nitrogens with zero attached hydrogens (tertiary/aromatic N) is 3. The molecule has 3 rings (SSSR count). The van der Waals surface area contributed by atoms with Gasteiger partial charge in [-0.05, 0) is 36.8 Å². The van der Waals surface area contributed by atoms with E-state index in [1.807, 2.05) is 4.90 Å². The minimum Gasteiger partial charge on any atom is -0.360 e. The van der Waals surface area contributed by atoms with Gasteiger partial charge in [0, 0.05) is 24.5 Å². The van der Waals surface area contributed by atoms with Crippen LogP contribution in [-0.4, -0.2) is 39.8 Å². The van der Waals surface area contributed by atoms with E-state index in [4.69, 9.17) is 0 Å². The highest BCUT2D eigenvalue weighted by Gasteiger charge is 2.15. The summed E-state index contributed by atoms with van der Waals surface area (Å²) in [5.41, 5.74) is 2.39. The van der Waals surface area contributed by atoms with Crippen molar-refractivity contribution in [3.05, 3.63) is 57.8 Å². The molecule has 0 atom stereocenters. The van der Waals surface area contributed by atoms with Crippen molar-refractivity contribution < 1.29 is 4.79 Å². The maximum Gasteiger partial charge on any atom is 0.233 e. The van der Waals surface area contributed by atoms with E-state index >= 15 is 0 Å². The van der Waals surface area contributed by atoms with Gasteiger partial charge in [0.05, 0.1) is 5.75 Å². The molecule has 2 aromatic heterocycles. The summed E-state index contributed by atoms with van der Waals surface area (Å²) in [7, 11) is 0. The Kier molecular flexibility index (Phi) is 8.52. The first-order valence-electron chi connectivity index (χ1n) is 9.70. The molecule has 0 saturated heterocycles. The van der Waals surface area contributed by atoms with Crippen molar-refractivity contribution in [1.82, 2.24) is 15.1 Å². The van der Waals surface area contributed by atoms with Crippen molar-refractivity contribution in [3.63, 3.8) is 0 Å². The summed E-state index contributed by atoms with van der Waals surface area (Å²) in [6.45, 7) is 6.42. The number of thioether (sulfide) groups is 1. The first-order valence-corrected chi connectivity index (χ1v) is 12.4. The third-order valence-electron chi connectivity index (χ3n) is 4.29. The van der Waals surface area contributed by atoms with Crippen LogP contribution in [0.4, 0.5) is 5.13 Å². The molecule has 0 aliphatic carbocycles. The van der Waals surface area contributed by atoms with E-state index in [2.05, 4.69) is 71.1 Å². The number of thiophene rings is 1. The van der Waals surface area contributed by atoms with Gasteiger partial charge in [0.2, 0.25) is 11.0 Å². The number of aromatic nitrogens is 2. The molecule has 8 heteroatoms. The Bertz CT molecular complexity index is 878. The lowest BCUT2D eigenvalue weighted by Gasteiger charge is -2.22. The molecule has 5 nitrogen and oxygen atoms in total. The summed E-state index contributed by atoms with van der Waals surface area (Å²) in [6.07, 6.45) is 1.92. The molecule has 0 radical (unpaired) electrons. The second-order valence-corrected chi connectivity index (χ2v) is 9.95. The van der Waals surface area contributed by atoms with Crippen LogP contribution in [0, 0.1) is 6.92 Å². The van der Waals surface area contributed by atoms with E-state index < -0.39 is 0 Å². The number of hydrogen-bond donors (Lipinski definition) is 1. The third-order valence-corrected chi connectivity index (χ3v) is 7.23. The fourth-order valence-corrected chi connectivity index (χ4v) is 5.17. The van der Waals surface area contributed by atoms with Crippen LogP contribution in [0.1, 0.15) is 29.3 Å². The quantitative estimate of drug-likeness (QED) is 0.416. The molecule has 0 aliphatic rings. The zero-order chi connectivity index (χ0) is 20.5. The molecular formula is C21H26N4OS3. The van der Waals surface area contributed by atoms with Crippen LogP contribution in [0.5, 0.6) is 0 Å². The van der Waals surface area contributed by atoms with Gasteiger partial charge in [-0.3, -0.25) is 4.79 Å². The van der Waals surface area contributed by atoms with Crippen LogP contribution in [0.15, 0.2) is 46.1 Å². The molecular weight excluding hydrogens is 420 g/mol. The molecule has 0 fully saturated rings. The van der Waals surface area contributed by atoms with E-state index in [0.29, 0.717) is 12.3 Å². The third kappa shape index (κ3) is 7.13. The highest BCUT2D eigenvalue weighted by molar-refractivity contribution is 8.01. The van der Waals surface area contributed by atoms with Crippen molar-refractivity contribution in [2.24, 2.45) is 0 Å². The second-order valence-electron chi connectivity index (χ2n) is 6.72. The SMILES string of the molecule is CCCN(Cc1ccc(C)cc1)C(=O)CSc1nnc(NCCc2cccs2)s1. The molecule has 0 aliphatic heterocycles. The number of nitrogens with one attached hydrogen (secondary N) is 1. The average Bonchev–Trinajstić information content (AvgIpc) is 3.40. The highest BCUT2D eigenvalue weighted by Crippen LogP contribution is 2.26. The summed E-state index contributed by atoms with van der Waals surface area (Å²) in [5, 5.41) is 14.6. The lowest BCUT2D eigenvalue weighted by molar-refractivity contribution is -0.129. The van der Waals surface area contributed by atoms with Crippen molar-refractivity contribution in [2.45, 2.75) is 37.6 Å². The average molecular weight is 447 g/mol. The van der Waals surface area contributed by atoms with Gasteiger partial charge in [-0.15, -0.1) is 21.5 Å². The van der Waals surface area contributed by atoms with E-state index in [9.17, 15) is 4.79 Å². The van der Waals surface area contributed by atoms with Crippen LogP contribution >= 0.6 is 34.4 Å². The topological polar surface area (TPSA) is 58.1 Å². The largest absolute Gasteiger partial charge is 0.360 e. The molecule has 0 unspecified atom stereocenters. The fraction of sp³-hybridized carbons (Fsp3) is 0.381. The molecule has 1 N–H and O–H groups in total. The van der Waals surface area contributed by atoms with Gasteiger partial charge >= 0.3 is 0 Å². The van der Waals surface area contributed by atoms with E-state index in [1.54, 1.807) is 11.3 Å². The van der Waals surface area contributed by atoms with Crippen LogP contribution in [0.3, 0.4) is 0 Å². The summed E-state index contributed by atoms with van der Waals surface area (Å²) in [6, 6.07) is 12.6. The van der Waals surface area contributed by atoms with E-state index in [1.165, 1.54) is 33.5 Å². The maximum absolute atomic E-state index is 12.7. The Balaban J connectivity index is 1.46. The van der Waals surface area contributed by atoms with Gasteiger partial charge in [-0.1, -0.05) is 65.9 Å². The van der Waals surface area contributed by atoms with Gasteiger partial charge in [0.15, 0.2) is 4.34 Å². The summed E-state index contributed by atoms with van der Waals surface area (Å²) in [5.74, 6) is 0.523. The fourth-order valence-electron chi connectivity index (χ4n) is 2.78. The number of amides is 1. The number of rotatable bonds is 11. The molecule has 1 amide bonds. The summed E-state index contributed by atoms with van der Waals surface area (Å²) in [4.78, 5) is 16.0. The first kappa shape index (κ1) is 21.8. The maximum atomic E-state index is 12.7. The molecule has 2 heterocycles. The van der Waals surface area contributed by atoms with Gasteiger partial charge in [0.1, 0.15) is 0 Å². The van der Waals surface area contributed by atoms with Gasteiger partial charge < -0.3 is 10.2 Å². The molecule has 0 spiro atoms. The Labute approximate surface area is 184 Å². The summed E-state index contributed by atoms with van der Waals surface area (Å²) < 4.78 is 0.823. The number of carbonyl (C=O) groups is 1. The number of carbonyl (C=O) groups excluding carboxylic acids is 1. The predicted molar refractivity (Wildman–Crippen MR) is 124 cm³/mol. The van der Waals surface area contributed by atoms with E-state index in [-0.39, 0.29) is 5.91 Å². The molecule has 1 aromatic carbocycles. The minimum absolute atomic E-state index is 0.139. The highest BCUT2D eigenvalue weighted by atomic mass is 32.2. The van der Waals surface area contributed by atoms with Crippen LogP contribution in [0.25, 0.3) is 0 Å².